The smallest absolute Gasteiger partial charge is 0.174 e. The van der Waals surface area contributed by atoms with Gasteiger partial charge in [-0.25, -0.2) is 17.6 Å². The van der Waals surface area contributed by atoms with Gasteiger partial charge >= 0.3 is 0 Å². The third-order valence-electron chi connectivity index (χ3n) is 3.05. The van der Waals surface area contributed by atoms with Gasteiger partial charge in [-0.2, -0.15) is 0 Å². The maximum absolute atomic E-state index is 14.0. The first-order chi connectivity index (χ1) is 11.4. The van der Waals surface area contributed by atoms with E-state index in [1.807, 2.05) is 0 Å². The molecule has 0 saturated heterocycles. The molecule has 0 atom stereocenters. The summed E-state index contributed by atoms with van der Waals surface area (Å²) in [6.07, 6.45) is 0. The highest BCUT2D eigenvalue weighted by molar-refractivity contribution is 6.55. The Hall–Kier alpha value is 0.480. The predicted octanol–water partition coefficient (Wildman–Crippen LogP) is 8.84. The van der Waals surface area contributed by atoms with Crippen molar-refractivity contribution in [2.45, 2.75) is 4.33 Å². The van der Waals surface area contributed by atoms with Gasteiger partial charge in [0.25, 0.3) is 0 Å². The number of rotatable bonds is 2. The lowest BCUT2D eigenvalue weighted by Crippen LogP contribution is -2.18. The molecule has 0 amide bonds. The van der Waals surface area contributed by atoms with E-state index in [1.54, 1.807) is 0 Å². The lowest BCUT2D eigenvalue weighted by molar-refractivity contribution is 0.576. The Balaban J connectivity index is 2.96. The van der Waals surface area contributed by atoms with Crippen molar-refractivity contribution in [2.75, 3.05) is 0 Å². The van der Waals surface area contributed by atoms with Crippen molar-refractivity contribution in [2.24, 2.45) is 0 Å². The summed E-state index contributed by atoms with van der Waals surface area (Å²) in [6, 6.07) is 0. The number of alkyl halides is 2. The lowest BCUT2D eigenvalue weighted by atomic mass is 10.0. The number of hydrogen-bond acceptors (Lipinski definition) is 0. The van der Waals surface area contributed by atoms with E-state index in [0.29, 0.717) is 0 Å². The van der Waals surface area contributed by atoms with Gasteiger partial charge in [0.2, 0.25) is 0 Å². The summed E-state index contributed by atoms with van der Waals surface area (Å²) in [7, 11) is 0. The van der Waals surface area contributed by atoms with Crippen molar-refractivity contribution < 1.29 is 17.6 Å². The molecule has 0 unspecified atom stereocenters. The van der Waals surface area contributed by atoms with Gasteiger partial charge in [0.1, 0.15) is 10.0 Å². The molecule has 25 heavy (non-hydrogen) atoms. The molecule has 0 fully saturated rings. The molecule has 2 rings (SSSR count). The summed E-state index contributed by atoms with van der Waals surface area (Å²) in [5.74, 6) is -5.80. The van der Waals surface area contributed by atoms with Crippen LogP contribution in [0.1, 0.15) is 11.1 Å². The maximum Gasteiger partial charge on any atom is 0.174 e. The van der Waals surface area contributed by atoms with Crippen LogP contribution in [0, 0.1) is 23.3 Å². The third-order valence-corrected chi connectivity index (χ3v) is 5.89. The summed E-state index contributed by atoms with van der Waals surface area (Å²) >= 11 is 45.9. The fraction of sp³-hybridized carbons (Fsp3) is 0.0769. The fourth-order valence-electron chi connectivity index (χ4n) is 1.89. The first-order valence-electron chi connectivity index (χ1n) is 5.77. The SMILES string of the molecule is Fc1c(Cl)c(F)c(Cl)c(C(Cl)(Cl)c2c(Cl)c(F)c(Cl)c(F)c2Cl)c1Cl. The average molecular weight is 516 g/mol. The molecule has 12 heteroatoms. The van der Waals surface area contributed by atoms with Gasteiger partial charge in [0.05, 0.1) is 20.1 Å². The summed E-state index contributed by atoms with van der Waals surface area (Å²) in [5, 5.41) is -5.66. The van der Waals surface area contributed by atoms with Crippen LogP contribution in [0.25, 0.3) is 0 Å². The van der Waals surface area contributed by atoms with E-state index in [1.165, 1.54) is 0 Å². The van der Waals surface area contributed by atoms with Crippen molar-refractivity contribution in [3.63, 3.8) is 0 Å². The highest BCUT2D eigenvalue weighted by atomic mass is 35.5. The molecule has 0 spiro atoms. The molecule has 0 aliphatic heterocycles. The van der Waals surface area contributed by atoms with Crippen LogP contribution in [0.4, 0.5) is 17.6 Å². The Morgan fingerprint density at radius 2 is 0.640 bits per heavy atom. The van der Waals surface area contributed by atoms with E-state index in [0.717, 1.165) is 0 Å². The number of benzene rings is 2. The van der Waals surface area contributed by atoms with Crippen LogP contribution in [0.2, 0.25) is 30.1 Å². The molecule has 0 radical (unpaired) electrons. The molecule has 0 aliphatic carbocycles. The van der Waals surface area contributed by atoms with Crippen LogP contribution in [0.15, 0.2) is 0 Å². The number of hydrogen-bond donors (Lipinski definition) is 0. The molecule has 0 bridgehead atoms. The first kappa shape index (κ1) is 21.8. The van der Waals surface area contributed by atoms with E-state index in [-0.39, 0.29) is 0 Å². The summed E-state index contributed by atoms with van der Waals surface area (Å²) in [5.41, 5.74) is -1.60. The van der Waals surface area contributed by atoms with Crippen molar-refractivity contribution in [3.8, 4) is 0 Å². The Morgan fingerprint density at radius 3 is 0.840 bits per heavy atom. The topological polar surface area (TPSA) is 0 Å². The van der Waals surface area contributed by atoms with Crippen LogP contribution >= 0.6 is 92.8 Å². The van der Waals surface area contributed by atoms with E-state index >= 15 is 0 Å². The average Bonchev–Trinajstić information content (AvgIpc) is 2.54. The van der Waals surface area contributed by atoms with Crippen LogP contribution in [-0.2, 0) is 4.33 Å². The largest absolute Gasteiger partial charge is 0.204 e. The van der Waals surface area contributed by atoms with Crippen molar-refractivity contribution in [1.29, 1.82) is 0 Å². The Bertz CT molecular complexity index is 767. The lowest BCUT2D eigenvalue weighted by Gasteiger charge is -2.26. The minimum absolute atomic E-state index is 0.802. The van der Waals surface area contributed by atoms with Crippen molar-refractivity contribution in [3.05, 3.63) is 64.5 Å². The quantitative estimate of drug-likeness (QED) is 0.162. The van der Waals surface area contributed by atoms with E-state index in [9.17, 15) is 17.6 Å². The Morgan fingerprint density at radius 1 is 0.440 bits per heavy atom. The monoisotopic (exact) mass is 512 g/mol. The second kappa shape index (κ2) is 7.48. The van der Waals surface area contributed by atoms with Crippen molar-refractivity contribution >= 4 is 92.8 Å². The Labute approximate surface area is 178 Å². The molecule has 2 aromatic carbocycles. The Kier molecular flexibility index (Phi) is 6.51. The molecule has 0 N–H and O–H groups in total. The zero-order valence-electron chi connectivity index (χ0n) is 11.0. The minimum atomic E-state index is -2.67. The second-order valence-electron chi connectivity index (χ2n) is 4.46. The zero-order valence-corrected chi connectivity index (χ0v) is 17.1. The van der Waals surface area contributed by atoms with Gasteiger partial charge in [-0.15, -0.1) is 0 Å². The highest BCUT2D eigenvalue weighted by Gasteiger charge is 2.43. The molecule has 0 aromatic heterocycles. The molecular weight excluding hydrogens is 516 g/mol. The van der Waals surface area contributed by atoms with Crippen LogP contribution in [0.3, 0.4) is 0 Å². The molecule has 0 nitrogen and oxygen atoms in total. The van der Waals surface area contributed by atoms with E-state index in [4.69, 9.17) is 92.8 Å². The highest BCUT2D eigenvalue weighted by Crippen LogP contribution is 2.54. The van der Waals surface area contributed by atoms with Gasteiger partial charge in [-0.05, 0) is 0 Å². The van der Waals surface area contributed by atoms with Gasteiger partial charge < -0.3 is 0 Å². The number of halogens is 12. The van der Waals surface area contributed by atoms with Gasteiger partial charge in [0.15, 0.2) is 27.6 Å². The van der Waals surface area contributed by atoms with E-state index in [2.05, 4.69) is 0 Å². The third kappa shape index (κ3) is 3.38. The molecular formula is C13Cl8F4. The second-order valence-corrected chi connectivity index (χ2v) is 8.06. The standard InChI is InChI=1S/C13Cl8F4/c14-3-1(4(15)10(23)7(18)9(3)22)13(20,21)2-5(16)11(24)8(19)12(25)6(2)17. The van der Waals surface area contributed by atoms with Gasteiger partial charge in [0, 0.05) is 11.1 Å². The summed E-state index contributed by atoms with van der Waals surface area (Å²) < 4.78 is 53.3. The van der Waals surface area contributed by atoms with Crippen molar-refractivity contribution in [1.82, 2.24) is 0 Å². The summed E-state index contributed by atoms with van der Waals surface area (Å²) in [4.78, 5) is 0. The molecule has 2 aromatic rings. The summed E-state index contributed by atoms with van der Waals surface area (Å²) in [6.45, 7) is 0. The van der Waals surface area contributed by atoms with E-state index < -0.39 is 68.9 Å². The normalized spacial score (nSPS) is 12.0. The van der Waals surface area contributed by atoms with Crippen LogP contribution in [0.5, 0.6) is 0 Å². The predicted molar refractivity (Wildman–Crippen MR) is 95.3 cm³/mol. The molecule has 0 saturated carbocycles. The fourth-order valence-corrected chi connectivity index (χ4v) is 5.02. The van der Waals surface area contributed by atoms with Crippen LogP contribution < -0.4 is 0 Å². The van der Waals surface area contributed by atoms with Crippen LogP contribution in [-0.4, -0.2) is 0 Å². The molecule has 0 heterocycles. The van der Waals surface area contributed by atoms with Gasteiger partial charge in [-0.1, -0.05) is 92.8 Å². The zero-order chi connectivity index (χ0) is 19.4. The maximum atomic E-state index is 14.0. The first-order valence-corrected chi connectivity index (χ1v) is 8.79. The van der Waals surface area contributed by atoms with Gasteiger partial charge in [-0.3, -0.25) is 0 Å². The minimum Gasteiger partial charge on any atom is -0.204 e. The molecule has 136 valence electrons. The molecule has 0 aliphatic rings.